The van der Waals surface area contributed by atoms with Crippen LogP contribution in [0, 0.1) is 12.7 Å². The highest BCUT2D eigenvalue weighted by molar-refractivity contribution is 5.79. The molecule has 4 nitrogen and oxygen atoms in total. The van der Waals surface area contributed by atoms with E-state index in [1.54, 1.807) is 19.9 Å². The molecule has 0 aliphatic rings. The van der Waals surface area contributed by atoms with E-state index in [-0.39, 0.29) is 23.9 Å². The molecule has 1 heterocycles. The molecule has 0 amide bonds. The van der Waals surface area contributed by atoms with Gasteiger partial charge in [0.05, 0.1) is 6.42 Å². The molecule has 0 spiro atoms. The van der Waals surface area contributed by atoms with Crippen LogP contribution in [0.5, 0.6) is 0 Å². The number of carbonyl (C=O) groups is 1. The largest absolute Gasteiger partial charge is 0.339 e. The Kier molecular flexibility index (Phi) is 3.50. The zero-order chi connectivity index (χ0) is 13.1. The maximum absolute atomic E-state index is 13.2. The van der Waals surface area contributed by atoms with Gasteiger partial charge in [0.1, 0.15) is 11.6 Å². The summed E-state index contributed by atoms with van der Waals surface area (Å²) in [5, 5.41) is 3.75. The summed E-state index contributed by atoms with van der Waals surface area (Å²) in [4.78, 5) is 15.3. The van der Waals surface area contributed by atoms with Crippen LogP contribution in [0.1, 0.15) is 24.8 Å². The predicted octanol–water partition coefficient (Wildman–Crippen LogP) is 2.71. The molecule has 0 N–H and O–H groups in total. The van der Waals surface area contributed by atoms with Gasteiger partial charge in [0, 0.05) is 12.0 Å². The van der Waals surface area contributed by atoms with Crippen molar-refractivity contribution in [3.8, 4) is 11.4 Å². The molecule has 0 saturated carbocycles. The molecule has 94 valence electrons. The molecule has 5 heteroatoms. The van der Waals surface area contributed by atoms with Gasteiger partial charge in [-0.15, -0.1) is 0 Å². The zero-order valence-corrected chi connectivity index (χ0v) is 10.2. The van der Waals surface area contributed by atoms with Crippen LogP contribution in [0.3, 0.4) is 0 Å². The van der Waals surface area contributed by atoms with Crippen molar-refractivity contribution in [1.29, 1.82) is 0 Å². The maximum Gasteiger partial charge on any atom is 0.234 e. The Bertz CT molecular complexity index is 558. The van der Waals surface area contributed by atoms with E-state index in [0.717, 1.165) is 5.56 Å². The van der Waals surface area contributed by atoms with Crippen LogP contribution in [0.15, 0.2) is 22.7 Å². The molecular formula is C13H13FN2O2. The normalized spacial score (nSPS) is 10.6. The number of halogens is 1. The van der Waals surface area contributed by atoms with Crippen LogP contribution in [0.4, 0.5) is 4.39 Å². The van der Waals surface area contributed by atoms with Crippen LogP contribution < -0.4 is 0 Å². The van der Waals surface area contributed by atoms with Crippen molar-refractivity contribution >= 4 is 5.78 Å². The number of aryl methyl sites for hydroxylation is 1. The summed E-state index contributed by atoms with van der Waals surface area (Å²) in [6.07, 6.45) is 0.550. The van der Waals surface area contributed by atoms with Crippen LogP contribution in [-0.2, 0) is 11.2 Å². The van der Waals surface area contributed by atoms with Gasteiger partial charge in [-0.05, 0) is 30.7 Å². The van der Waals surface area contributed by atoms with Crippen LogP contribution in [-0.4, -0.2) is 15.9 Å². The summed E-state index contributed by atoms with van der Waals surface area (Å²) in [7, 11) is 0. The number of hydrogen-bond donors (Lipinski definition) is 0. The number of aromatic nitrogens is 2. The monoisotopic (exact) mass is 248 g/mol. The lowest BCUT2D eigenvalue weighted by Gasteiger charge is -1.97. The standard InChI is InChI=1S/C13H13FN2O2/c1-3-11(17)7-12-15-13(16-18-12)9-4-8(2)5-10(14)6-9/h4-6H,3,7H2,1-2H3. The highest BCUT2D eigenvalue weighted by Gasteiger charge is 2.12. The Morgan fingerprint density at radius 3 is 2.83 bits per heavy atom. The van der Waals surface area contributed by atoms with Crippen molar-refractivity contribution in [1.82, 2.24) is 10.1 Å². The zero-order valence-electron chi connectivity index (χ0n) is 10.2. The van der Waals surface area contributed by atoms with Gasteiger partial charge in [0.25, 0.3) is 0 Å². The number of nitrogens with zero attached hydrogens (tertiary/aromatic N) is 2. The summed E-state index contributed by atoms with van der Waals surface area (Å²) < 4.78 is 18.2. The van der Waals surface area contributed by atoms with Crippen molar-refractivity contribution in [3.05, 3.63) is 35.5 Å². The topological polar surface area (TPSA) is 56.0 Å². The van der Waals surface area contributed by atoms with Gasteiger partial charge < -0.3 is 4.52 Å². The number of carbonyl (C=O) groups excluding carboxylic acids is 1. The van der Waals surface area contributed by atoms with Crippen molar-refractivity contribution in [2.45, 2.75) is 26.7 Å². The van der Waals surface area contributed by atoms with Crippen LogP contribution in [0.25, 0.3) is 11.4 Å². The molecular weight excluding hydrogens is 235 g/mol. The van der Waals surface area contributed by atoms with E-state index >= 15 is 0 Å². The van der Waals surface area contributed by atoms with E-state index in [1.165, 1.54) is 12.1 Å². The van der Waals surface area contributed by atoms with Crippen LogP contribution >= 0.6 is 0 Å². The van der Waals surface area contributed by atoms with Gasteiger partial charge in [-0.3, -0.25) is 4.79 Å². The summed E-state index contributed by atoms with van der Waals surface area (Å²) in [5.41, 5.74) is 1.33. The van der Waals surface area contributed by atoms with E-state index < -0.39 is 0 Å². The van der Waals surface area contributed by atoms with Gasteiger partial charge in [-0.25, -0.2) is 4.39 Å². The number of Topliss-reactive ketones (excluding diaryl/α,β-unsaturated/α-hetero) is 1. The summed E-state index contributed by atoms with van der Waals surface area (Å²) >= 11 is 0. The molecule has 2 rings (SSSR count). The lowest BCUT2D eigenvalue weighted by atomic mass is 10.1. The van der Waals surface area contributed by atoms with Gasteiger partial charge in [0.2, 0.25) is 11.7 Å². The first kappa shape index (κ1) is 12.4. The average molecular weight is 248 g/mol. The summed E-state index contributed by atoms with van der Waals surface area (Å²) in [6.45, 7) is 3.56. The third kappa shape index (κ3) is 2.80. The lowest BCUT2D eigenvalue weighted by Crippen LogP contribution is -2.00. The fourth-order valence-corrected chi connectivity index (χ4v) is 1.60. The first-order valence-electron chi connectivity index (χ1n) is 5.70. The molecule has 0 bridgehead atoms. The van der Waals surface area contributed by atoms with E-state index in [1.807, 2.05) is 0 Å². The Labute approximate surface area is 104 Å². The molecule has 1 aromatic carbocycles. The summed E-state index contributed by atoms with van der Waals surface area (Å²) in [5.74, 6) is 0.247. The number of benzene rings is 1. The average Bonchev–Trinajstić information content (AvgIpc) is 2.76. The molecule has 1 aromatic heterocycles. The number of rotatable bonds is 4. The molecule has 0 aliphatic carbocycles. The van der Waals surface area contributed by atoms with Crippen molar-refractivity contribution in [2.75, 3.05) is 0 Å². The third-order valence-corrected chi connectivity index (χ3v) is 2.51. The lowest BCUT2D eigenvalue weighted by molar-refractivity contribution is -0.118. The highest BCUT2D eigenvalue weighted by atomic mass is 19.1. The summed E-state index contributed by atoms with van der Waals surface area (Å²) in [6, 6.07) is 4.52. The fraction of sp³-hybridized carbons (Fsp3) is 0.308. The van der Waals surface area contributed by atoms with Gasteiger partial charge in [-0.1, -0.05) is 12.1 Å². The molecule has 0 saturated heterocycles. The van der Waals surface area contributed by atoms with E-state index in [9.17, 15) is 9.18 Å². The molecule has 0 unspecified atom stereocenters. The minimum absolute atomic E-state index is 0.0284. The maximum atomic E-state index is 13.2. The van der Waals surface area contributed by atoms with Gasteiger partial charge >= 0.3 is 0 Å². The van der Waals surface area contributed by atoms with Crippen molar-refractivity contribution in [2.24, 2.45) is 0 Å². The first-order valence-corrected chi connectivity index (χ1v) is 5.70. The Morgan fingerprint density at radius 1 is 1.39 bits per heavy atom. The molecule has 0 atom stereocenters. The number of hydrogen-bond acceptors (Lipinski definition) is 4. The Balaban J connectivity index is 2.26. The van der Waals surface area contributed by atoms with E-state index in [0.29, 0.717) is 17.8 Å². The van der Waals surface area contributed by atoms with Crippen molar-refractivity contribution < 1.29 is 13.7 Å². The first-order chi connectivity index (χ1) is 8.58. The SMILES string of the molecule is CCC(=O)Cc1nc(-c2cc(C)cc(F)c2)no1. The molecule has 2 aromatic rings. The quantitative estimate of drug-likeness (QED) is 0.834. The second-order valence-electron chi connectivity index (χ2n) is 4.10. The Morgan fingerprint density at radius 2 is 2.17 bits per heavy atom. The molecule has 0 radical (unpaired) electrons. The predicted molar refractivity (Wildman–Crippen MR) is 63.4 cm³/mol. The number of ketones is 1. The van der Waals surface area contributed by atoms with Crippen LogP contribution in [0.2, 0.25) is 0 Å². The Hall–Kier alpha value is -2.04. The molecule has 0 fully saturated rings. The molecule has 18 heavy (non-hydrogen) atoms. The fourth-order valence-electron chi connectivity index (χ4n) is 1.60. The minimum Gasteiger partial charge on any atom is -0.339 e. The van der Waals surface area contributed by atoms with Crippen molar-refractivity contribution in [3.63, 3.8) is 0 Å². The smallest absolute Gasteiger partial charge is 0.234 e. The third-order valence-electron chi connectivity index (χ3n) is 2.51. The van der Waals surface area contributed by atoms with E-state index in [4.69, 9.17) is 4.52 Å². The van der Waals surface area contributed by atoms with Gasteiger partial charge in [-0.2, -0.15) is 4.98 Å². The second-order valence-corrected chi connectivity index (χ2v) is 4.10. The minimum atomic E-state index is -0.346. The van der Waals surface area contributed by atoms with Gasteiger partial charge in [0.15, 0.2) is 0 Å². The highest BCUT2D eigenvalue weighted by Crippen LogP contribution is 2.19. The molecule has 0 aliphatic heterocycles. The van der Waals surface area contributed by atoms with E-state index in [2.05, 4.69) is 10.1 Å². The second kappa shape index (κ2) is 5.08.